The lowest BCUT2D eigenvalue weighted by Crippen LogP contribution is -2.33. The fourth-order valence-corrected chi connectivity index (χ4v) is 4.15. The van der Waals surface area contributed by atoms with Crippen LogP contribution in [0.5, 0.6) is 17.2 Å². The van der Waals surface area contributed by atoms with Crippen LogP contribution in [0, 0.1) is 0 Å². The molecule has 0 amide bonds. The molecule has 0 N–H and O–H groups in total. The second kappa shape index (κ2) is 9.23. The number of nitrogens with zero attached hydrogens (tertiary/aromatic N) is 1. The summed E-state index contributed by atoms with van der Waals surface area (Å²) in [5.74, 6) is 2.50. The van der Waals surface area contributed by atoms with E-state index < -0.39 is 0 Å². The number of rotatable bonds is 7. The Hall–Kier alpha value is -2.98. The smallest absolute Gasteiger partial charge is 0.161 e. The highest BCUT2D eigenvalue weighted by molar-refractivity contribution is 5.50. The van der Waals surface area contributed by atoms with Crippen molar-refractivity contribution in [1.82, 2.24) is 4.90 Å². The van der Waals surface area contributed by atoms with Crippen molar-refractivity contribution in [1.29, 1.82) is 0 Å². The number of benzene rings is 3. The van der Waals surface area contributed by atoms with Crippen molar-refractivity contribution in [3.63, 3.8) is 0 Å². The molecule has 30 heavy (non-hydrogen) atoms. The number of hydrogen-bond donors (Lipinski definition) is 0. The van der Waals surface area contributed by atoms with Crippen LogP contribution in [-0.2, 0) is 19.4 Å². The van der Waals surface area contributed by atoms with E-state index in [-0.39, 0.29) is 6.04 Å². The average Bonchev–Trinajstić information content (AvgIpc) is 2.79. The Morgan fingerprint density at radius 1 is 0.867 bits per heavy atom. The number of ether oxygens (including phenoxy) is 3. The summed E-state index contributed by atoms with van der Waals surface area (Å²) in [5.41, 5.74) is 5.09. The Morgan fingerprint density at radius 2 is 1.60 bits per heavy atom. The van der Waals surface area contributed by atoms with Gasteiger partial charge in [0.15, 0.2) is 11.5 Å². The highest BCUT2D eigenvalue weighted by atomic mass is 16.5. The van der Waals surface area contributed by atoms with Gasteiger partial charge in [-0.1, -0.05) is 42.5 Å². The Labute approximate surface area is 179 Å². The van der Waals surface area contributed by atoms with E-state index in [9.17, 15) is 0 Å². The summed E-state index contributed by atoms with van der Waals surface area (Å²) >= 11 is 0. The quantitative estimate of drug-likeness (QED) is 0.552. The normalized spacial score (nSPS) is 16.0. The molecule has 1 aliphatic heterocycles. The number of methoxy groups -OCH3 is 2. The minimum atomic E-state index is 0.290. The fraction of sp³-hybridized carbons (Fsp3) is 0.308. The summed E-state index contributed by atoms with van der Waals surface area (Å²) in [6.45, 7) is 1.60. The third-order valence-corrected chi connectivity index (χ3v) is 5.85. The van der Waals surface area contributed by atoms with Crippen LogP contribution in [0.25, 0.3) is 0 Å². The van der Waals surface area contributed by atoms with Gasteiger partial charge in [-0.2, -0.15) is 0 Å². The number of hydrogen-bond acceptors (Lipinski definition) is 4. The highest BCUT2D eigenvalue weighted by Crippen LogP contribution is 2.39. The van der Waals surface area contributed by atoms with Crippen LogP contribution in [0.2, 0.25) is 0 Å². The van der Waals surface area contributed by atoms with Gasteiger partial charge >= 0.3 is 0 Å². The lowest BCUT2D eigenvalue weighted by atomic mass is 9.88. The van der Waals surface area contributed by atoms with Crippen LogP contribution in [0.1, 0.15) is 28.3 Å². The number of fused-ring (bicyclic) bond motifs is 1. The zero-order chi connectivity index (χ0) is 20.9. The maximum absolute atomic E-state index is 6.03. The van der Waals surface area contributed by atoms with Crippen molar-refractivity contribution in [3.8, 4) is 17.2 Å². The zero-order valence-corrected chi connectivity index (χ0v) is 17.9. The zero-order valence-electron chi connectivity index (χ0n) is 17.9. The molecule has 0 saturated heterocycles. The van der Waals surface area contributed by atoms with Gasteiger partial charge in [0.2, 0.25) is 0 Å². The van der Waals surface area contributed by atoms with E-state index in [1.807, 2.05) is 24.3 Å². The molecule has 1 atom stereocenters. The first-order valence-corrected chi connectivity index (χ1v) is 10.4. The largest absolute Gasteiger partial charge is 0.493 e. The highest BCUT2D eigenvalue weighted by Gasteiger charge is 2.27. The van der Waals surface area contributed by atoms with Gasteiger partial charge in [-0.3, -0.25) is 4.90 Å². The van der Waals surface area contributed by atoms with E-state index in [2.05, 4.69) is 54.4 Å². The van der Waals surface area contributed by atoms with E-state index in [1.165, 1.54) is 22.3 Å². The molecular formula is C26H29NO3. The van der Waals surface area contributed by atoms with Crippen LogP contribution >= 0.6 is 0 Å². The molecule has 3 aromatic rings. The molecule has 0 spiro atoms. The summed E-state index contributed by atoms with van der Waals surface area (Å²) < 4.78 is 17.1. The molecule has 0 bridgehead atoms. The van der Waals surface area contributed by atoms with Gasteiger partial charge < -0.3 is 14.2 Å². The lowest BCUT2D eigenvalue weighted by molar-refractivity contribution is 0.227. The van der Waals surface area contributed by atoms with Gasteiger partial charge in [-0.15, -0.1) is 0 Å². The van der Waals surface area contributed by atoms with Crippen LogP contribution in [0.3, 0.4) is 0 Å². The van der Waals surface area contributed by atoms with Crippen molar-refractivity contribution < 1.29 is 14.2 Å². The van der Waals surface area contributed by atoms with Crippen molar-refractivity contribution >= 4 is 0 Å². The third kappa shape index (κ3) is 4.44. The second-order valence-electron chi connectivity index (χ2n) is 7.78. The van der Waals surface area contributed by atoms with Crippen molar-refractivity contribution in [2.45, 2.75) is 25.5 Å². The molecule has 0 aromatic heterocycles. The minimum absolute atomic E-state index is 0.290. The Bertz CT molecular complexity index is 987. The lowest BCUT2D eigenvalue weighted by Gasteiger charge is -2.35. The van der Waals surface area contributed by atoms with Crippen molar-refractivity contribution in [2.24, 2.45) is 0 Å². The third-order valence-electron chi connectivity index (χ3n) is 5.85. The SMILES string of the molecule is COc1cc2c(cc1OC)[C@@H](Cc1cccc(OCc3ccccc3)c1)N(C)CC2. The minimum Gasteiger partial charge on any atom is -0.493 e. The molecule has 156 valence electrons. The second-order valence-corrected chi connectivity index (χ2v) is 7.78. The summed E-state index contributed by atoms with van der Waals surface area (Å²) in [7, 11) is 5.58. The number of likely N-dealkylation sites (N-methyl/N-ethyl adjacent to an activating group) is 1. The first-order chi connectivity index (χ1) is 14.7. The molecule has 0 radical (unpaired) electrons. The summed E-state index contributed by atoms with van der Waals surface area (Å²) in [6, 6.07) is 23.3. The van der Waals surface area contributed by atoms with Crippen molar-refractivity contribution in [2.75, 3.05) is 27.8 Å². The van der Waals surface area contributed by atoms with Gasteiger partial charge in [0.1, 0.15) is 12.4 Å². The Balaban J connectivity index is 1.54. The van der Waals surface area contributed by atoms with Gasteiger partial charge in [0.25, 0.3) is 0 Å². The van der Waals surface area contributed by atoms with Gasteiger partial charge in [-0.25, -0.2) is 0 Å². The topological polar surface area (TPSA) is 30.9 Å². The van der Waals surface area contributed by atoms with E-state index in [0.717, 1.165) is 36.6 Å². The van der Waals surface area contributed by atoms with E-state index in [0.29, 0.717) is 6.61 Å². The monoisotopic (exact) mass is 403 g/mol. The van der Waals surface area contributed by atoms with Crippen LogP contribution in [0.15, 0.2) is 66.7 Å². The molecule has 0 unspecified atom stereocenters. The summed E-state index contributed by atoms with van der Waals surface area (Å²) in [6.07, 6.45) is 1.93. The molecule has 0 saturated carbocycles. The maximum atomic E-state index is 6.03. The van der Waals surface area contributed by atoms with Crippen molar-refractivity contribution in [3.05, 3.63) is 89.0 Å². The fourth-order valence-electron chi connectivity index (χ4n) is 4.15. The van der Waals surface area contributed by atoms with Gasteiger partial charge in [0, 0.05) is 12.6 Å². The van der Waals surface area contributed by atoms with E-state index in [4.69, 9.17) is 14.2 Å². The van der Waals surface area contributed by atoms with Crippen LogP contribution < -0.4 is 14.2 Å². The maximum Gasteiger partial charge on any atom is 0.161 e. The molecule has 4 nitrogen and oxygen atoms in total. The molecular weight excluding hydrogens is 374 g/mol. The summed E-state index contributed by atoms with van der Waals surface area (Å²) in [5, 5.41) is 0. The van der Waals surface area contributed by atoms with E-state index in [1.54, 1.807) is 14.2 Å². The van der Waals surface area contributed by atoms with Crippen LogP contribution in [-0.4, -0.2) is 32.7 Å². The Kier molecular flexibility index (Phi) is 6.24. The predicted octanol–water partition coefficient (Wildman–Crippen LogP) is 5.05. The molecule has 0 fully saturated rings. The molecule has 4 rings (SSSR count). The average molecular weight is 404 g/mol. The predicted molar refractivity (Wildman–Crippen MR) is 120 cm³/mol. The standard InChI is InChI=1S/C26H29NO3/c1-27-13-12-21-16-25(28-2)26(29-3)17-23(21)24(27)15-20-10-7-11-22(14-20)30-18-19-8-5-4-6-9-19/h4-11,14,16-17,24H,12-13,15,18H2,1-3H3/t24-/m1/s1. The first-order valence-electron chi connectivity index (χ1n) is 10.4. The van der Waals surface area contributed by atoms with Gasteiger partial charge in [-0.05, 0) is 66.4 Å². The Morgan fingerprint density at radius 3 is 2.37 bits per heavy atom. The molecule has 4 heteroatoms. The van der Waals surface area contributed by atoms with E-state index >= 15 is 0 Å². The molecule has 1 heterocycles. The van der Waals surface area contributed by atoms with Gasteiger partial charge in [0.05, 0.1) is 14.2 Å². The van der Waals surface area contributed by atoms with Crippen LogP contribution in [0.4, 0.5) is 0 Å². The molecule has 1 aliphatic rings. The first kappa shape index (κ1) is 20.3. The summed E-state index contributed by atoms with van der Waals surface area (Å²) in [4.78, 5) is 2.42. The molecule has 0 aliphatic carbocycles. The molecule has 3 aromatic carbocycles.